The number of hydrogen-bond acceptors (Lipinski definition) is 3. The Morgan fingerprint density at radius 1 is 0.962 bits per heavy atom. The molecular weight excluding hydrogens is 348 g/mol. The van der Waals surface area contributed by atoms with Crippen LogP contribution in [0, 0.1) is 5.92 Å². The molecule has 0 saturated heterocycles. The SMILES string of the molecule is CNC(=O)Cc1ccc(NS(=O)(=O)c2ccc(CCC(C)C)cc2)cc1. The quantitative estimate of drug-likeness (QED) is 0.744. The van der Waals surface area contributed by atoms with Crippen molar-refractivity contribution in [3.05, 3.63) is 59.7 Å². The number of sulfonamides is 1. The largest absolute Gasteiger partial charge is 0.359 e. The van der Waals surface area contributed by atoms with Gasteiger partial charge >= 0.3 is 0 Å². The minimum Gasteiger partial charge on any atom is -0.359 e. The number of carbonyl (C=O) groups is 1. The maximum atomic E-state index is 12.5. The van der Waals surface area contributed by atoms with Gasteiger partial charge in [-0.15, -0.1) is 0 Å². The van der Waals surface area contributed by atoms with Crippen LogP contribution in [0.5, 0.6) is 0 Å². The predicted octanol–water partition coefficient (Wildman–Crippen LogP) is 3.36. The molecule has 5 nitrogen and oxygen atoms in total. The van der Waals surface area contributed by atoms with E-state index in [0.29, 0.717) is 11.6 Å². The molecule has 0 unspecified atom stereocenters. The molecule has 6 heteroatoms. The van der Waals surface area contributed by atoms with E-state index in [2.05, 4.69) is 23.9 Å². The molecule has 0 saturated carbocycles. The molecule has 2 N–H and O–H groups in total. The molecule has 0 spiro atoms. The summed E-state index contributed by atoms with van der Waals surface area (Å²) in [5.41, 5.74) is 2.42. The molecule has 0 atom stereocenters. The third-order valence-electron chi connectivity index (χ3n) is 4.09. The fourth-order valence-corrected chi connectivity index (χ4v) is 3.53. The fraction of sp³-hybridized carbons (Fsp3) is 0.350. The average Bonchev–Trinajstić information content (AvgIpc) is 2.61. The summed E-state index contributed by atoms with van der Waals surface area (Å²) in [7, 11) is -2.05. The molecular formula is C20H26N2O3S. The summed E-state index contributed by atoms with van der Waals surface area (Å²) in [6.45, 7) is 4.34. The van der Waals surface area contributed by atoms with Gasteiger partial charge in [-0.2, -0.15) is 0 Å². The van der Waals surface area contributed by atoms with Gasteiger partial charge in [-0.3, -0.25) is 9.52 Å². The molecule has 0 aliphatic heterocycles. The highest BCUT2D eigenvalue weighted by Crippen LogP contribution is 2.18. The summed E-state index contributed by atoms with van der Waals surface area (Å²) in [5.74, 6) is 0.530. The van der Waals surface area contributed by atoms with Crippen LogP contribution in [0.2, 0.25) is 0 Å². The number of nitrogens with one attached hydrogen (secondary N) is 2. The van der Waals surface area contributed by atoms with E-state index < -0.39 is 10.0 Å². The Labute approximate surface area is 155 Å². The topological polar surface area (TPSA) is 75.3 Å². The Hall–Kier alpha value is -2.34. The van der Waals surface area contributed by atoms with Gasteiger partial charge in [-0.1, -0.05) is 38.1 Å². The monoisotopic (exact) mass is 374 g/mol. The van der Waals surface area contributed by atoms with Crippen LogP contribution in [0.4, 0.5) is 5.69 Å². The smallest absolute Gasteiger partial charge is 0.261 e. The van der Waals surface area contributed by atoms with Crippen molar-refractivity contribution in [3.8, 4) is 0 Å². The second-order valence-corrected chi connectivity index (χ2v) is 8.41. The van der Waals surface area contributed by atoms with E-state index in [4.69, 9.17) is 0 Å². The summed E-state index contributed by atoms with van der Waals surface area (Å²) < 4.78 is 27.6. The van der Waals surface area contributed by atoms with Crippen LogP contribution in [0.25, 0.3) is 0 Å². The van der Waals surface area contributed by atoms with Gasteiger partial charge < -0.3 is 5.32 Å². The minimum absolute atomic E-state index is 0.0871. The van der Waals surface area contributed by atoms with Gasteiger partial charge in [0.15, 0.2) is 0 Å². The van der Waals surface area contributed by atoms with Gasteiger partial charge in [0, 0.05) is 12.7 Å². The van der Waals surface area contributed by atoms with E-state index in [1.165, 1.54) is 0 Å². The Kier molecular flexibility index (Phi) is 6.80. The van der Waals surface area contributed by atoms with E-state index in [-0.39, 0.29) is 17.2 Å². The highest BCUT2D eigenvalue weighted by atomic mass is 32.2. The molecule has 2 aromatic carbocycles. The first-order chi connectivity index (χ1) is 12.3. The van der Waals surface area contributed by atoms with E-state index in [9.17, 15) is 13.2 Å². The van der Waals surface area contributed by atoms with E-state index in [0.717, 1.165) is 24.0 Å². The molecule has 1 amide bonds. The molecule has 2 rings (SSSR count). The Balaban J connectivity index is 2.04. The number of hydrogen-bond donors (Lipinski definition) is 2. The lowest BCUT2D eigenvalue weighted by Crippen LogP contribution is -2.19. The van der Waals surface area contributed by atoms with E-state index in [1.54, 1.807) is 43.4 Å². The summed E-state index contributed by atoms with van der Waals surface area (Å²) in [6, 6.07) is 13.8. The van der Waals surface area contributed by atoms with Gasteiger partial charge in [0.25, 0.3) is 10.0 Å². The van der Waals surface area contributed by atoms with Crippen LogP contribution >= 0.6 is 0 Å². The van der Waals surface area contributed by atoms with Crippen LogP contribution in [0.3, 0.4) is 0 Å². The van der Waals surface area contributed by atoms with Gasteiger partial charge in [0.2, 0.25) is 5.91 Å². The maximum absolute atomic E-state index is 12.5. The lowest BCUT2D eigenvalue weighted by Gasteiger charge is -2.10. The molecule has 0 bridgehead atoms. The zero-order valence-electron chi connectivity index (χ0n) is 15.5. The summed E-state index contributed by atoms with van der Waals surface area (Å²) >= 11 is 0. The summed E-state index contributed by atoms with van der Waals surface area (Å²) in [4.78, 5) is 11.6. The average molecular weight is 375 g/mol. The zero-order valence-corrected chi connectivity index (χ0v) is 16.3. The first-order valence-corrected chi connectivity index (χ1v) is 10.2. The molecule has 0 aliphatic carbocycles. The van der Waals surface area contributed by atoms with Crippen molar-refractivity contribution >= 4 is 21.6 Å². The molecule has 0 aliphatic rings. The standard InChI is InChI=1S/C20H26N2O3S/c1-15(2)4-5-16-8-12-19(13-9-16)26(24,25)22-18-10-6-17(7-11-18)14-20(23)21-3/h6-13,15,22H,4-5,14H2,1-3H3,(H,21,23). The van der Waals surface area contributed by atoms with Crippen LogP contribution < -0.4 is 10.0 Å². The van der Waals surface area contributed by atoms with Crippen LogP contribution in [-0.2, 0) is 27.7 Å². The Bertz CT molecular complexity index is 826. The predicted molar refractivity (Wildman–Crippen MR) is 105 cm³/mol. The number of rotatable bonds is 8. The van der Waals surface area contributed by atoms with E-state index in [1.807, 2.05) is 12.1 Å². The number of benzene rings is 2. The first kappa shape index (κ1) is 20.0. The first-order valence-electron chi connectivity index (χ1n) is 8.71. The van der Waals surface area contributed by atoms with Crippen molar-refractivity contribution in [2.45, 2.75) is 38.0 Å². The van der Waals surface area contributed by atoms with Crippen molar-refractivity contribution in [2.24, 2.45) is 5.92 Å². The number of aryl methyl sites for hydroxylation is 1. The minimum atomic E-state index is -3.63. The summed E-state index contributed by atoms with van der Waals surface area (Å²) in [5, 5.41) is 2.56. The van der Waals surface area contributed by atoms with Crippen molar-refractivity contribution in [3.63, 3.8) is 0 Å². The fourth-order valence-electron chi connectivity index (χ4n) is 2.47. The molecule has 26 heavy (non-hydrogen) atoms. The molecule has 0 radical (unpaired) electrons. The van der Waals surface area contributed by atoms with Gasteiger partial charge in [0.1, 0.15) is 0 Å². The number of likely N-dealkylation sites (N-methyl/N-ethyl adjacent to an activating group) is 1. The second kappa shape index (κ2) is 8.85. The van der Waals surface area contributed by atoms with Crippen molar-refractivity contribution in [2.75, 3.05) is 11.8 Å². The molecule has 2 aromatic rings. The highest BCUT2D eigenvalue weighted by Gasteiger charge is 2.14. The van der Waals surface area contributed by atoms with Crippen LogP contribution in [-0.4, -0.2) is 21.4 Å². The maximum Gasteiger partial charge on any atom is 0.261 e. The molecule has 0 fully saturated rings. The normalized spacial score (nSPS) is 11.4. The van der Waals surface area contributed by atoms with Crippen LogP contribution in [0.15, 0.2) is 53.4 Å². The third kappa shape index (κ3) is 5.88. The molecule has 0 aromatic heterocycles. The number of amides is 1. The van der Waals surface area contributed by atoms with Crippen molar-refractivity contribution < 1.29 is 13.2 Å². The van der Waals surface area contributed by atoms with Crippen LogP contribution in [0.1, 0.15) is 31.4 Å². The van der Waals surface area contributed by atoms with E-state index >= 15 is 0 Å². The molecule has 0 heterocycles. The molecule has 140 valence electrons. The third-order valence-corrected chi connectivity index (χ3v) is 5.49. The van der Waals surface area contributed by atoms with Crippen molar-refractivity contribution in [1.82, 2.24) is 5.32 Å². The number of anilines is 1. The Morgan fingerprint density at radius 2 is 1.54 bits per heavy atom. The van der Waals surface area contributed by atoms with Gasteiger partial charge in [-0.25, -0.2) is 8.42 Å². The van der Waals surface area contributed by atoms with Gasteiger partial charge in [0.05, 0.1) is 11.3 Å². The summed E-state index contributed by atoms with van der Waals surface area (Å²) in [6.07, 6.45) is 2.28. The highest BCUT2D eigenvalue weighted by molar-refractivity contribution is 7.92. The second-order valence-electron chi connectivity index (χ2n) is 6.73. The number of carbonyl (C=O) groups excluding carboxylic acids is 1. The zero-order chi connectivity index (χ0) is 19.2. The van der Waals surface area contributed by atoms with Gasteiger partial charge in [-0.05, 0) is 54.2 Å². The lowest BCUT2D eigenvalue weighted by molar-refractivity contribution is -0.119. The Morgan fingerprint density at radius 3 is 2.08 bits per heavy atom. The lowest BCUT2D eigenvalue weighted by atomic mass is 10.0. The van der Waals surface area contributed by atoms with Crippen molar-refractivity contribution in [1.29, 1.82) is 0 Å².